The summed E-state index contributed by atoms with van der Waals surface area (Å²) in [6.07, 6.45) is 3.01. The van der Waals surface area contributed by atoms with E-state index in [1.807, 2.05) is 0 Å². The van der Waals surface area contributed by atoms with Crippen molar-refractivity contribution in [3.63, 3.8) is 0 Å². The van der Waals surface area contributed by atoms with Crippen LogP contribution in [0.4, 0.5) is 4.79 Å². The van der Waals surface area contributed by atoms with Gasteiger partial charge in [0.15, 0.2) is 0 Å². The summed E-state index contributed by atoms with van der Waals surface area (Å²) in [4.78, 5) is 11.6. The quantitative estimate of drug-likeness (QED) is 0.649. The van der Waals surface area contributed by atoms with E-state index in [1.54, 1.807) is 0 Å². The smallest absolute Gasteiger partial charge is 0.315 e. The highest BCUT2D eigenvalue weighted by Crippen LogP contribution is 2.10. The fourth-order valence-electron chi connectivity index (χ4n) is 2.00. The van der Waals surface area contributed by atoms with E-state index in [0.717, 1.165) is 25.9 Å². The average Bonchev–Trinajstić information content (AvgIpc) is 2.77. The van der Waals surface area contributed by atoms with Crippen LogP contribution in [0.5, 0.6) is 0 Å². The maximum absolute atomic E-state index is 11.6. The van der Waals surface area contributed by atoms with Gasteiger partial charge in [-0.3, -0.25) is 0 Å². The number of hydrogen-bond donors (Lipinski definition) is 3. The molecule has 0 spiro atoms. The Hall–Kier alpha value is -0.810. The zero-order chi connectivity index (χ0) is 12.7. The van der Waals surface area contributed by atoms with Crippen LogP contribution in [0, 0.1) is 5.92 Å². The van der Waals surface area contributed by atoms with Crippen LogP contribution in [0.15, 0.2) is 0 Å². The van der Waals surface area contributed by atoms with Crippen LogP contribution in [0.2, 0.25) is 0 Å². The highest BCUT2D eigenvalue weighted by molar-refractivity contribution is 5.74. The highest BCUT2D eigenvalue weighted by Gasteiger charge is 2.17. The normalized spacial score (nSPS) is 21.5. The van der Waals surface area contributed by atoms with Gasteiger partial charge in [-0.1, -0.05) is 13.8 Å². The minimum atomic E-state index is -0.222. The molecular weight excluding hydrogens is 220 g/mol. The third-order valence-corrected chi connectivity index (χ3v) is 2.83. The van der Waals surface area contributed by atoms with Crippen molar-refractivity contribution in [1.82, 2.24) is 10.6 Å². The minimum Gasteiger partial charge on any atom is -0.394 e. The van der Waals surface area contributed by atoms with Gasteiger partial charge in [0.25, 0.3) is 0 Å². The molecule has 0 aromatic heterocycles. The molecule has 17 heavy (non-hydrogen) atoms. The first-order valence-electron chi connectivity index (χ1n) is 6.38. The van der Waals surface area contributed by atoms with Crippen LogP contribution >= 0.6 is 0 Å². The molecule has 2 unspecified atom stereocenters. The number of aliphatic hydroxyl groups excluding tert-OH is 1. The van der Waals surface area contributed by atoms with Crippen LogP contribution in [-0.2, 0) is 4.74 Å². The lowest BCUT2D eigenvalue weighted by Gasteiger charge is -2.19. The summed E-state index contributed by atoms with van der Waals surface area (Å²) in [5, 5.41) is 14.7. The molecule has 1 heterocycles. The summed E-state index contributed by atoms with van der Waals surface area (Å²) in [6, 6.07) is -0.389. The second kappa shape index (κ2) is 7.50. The van der Waals surface area contributed by atoms with Gasteiger partial charge < -0.3 is 20.5 Å². The Balaban J connectivity index is 2.17. The third kappa shape index (κ3) is 5.89. The van der Waals surface area contributed by atoms with Gasteiger partial charge in [-0.2, -0.15) is 0 Å². The van der Waals surface area contributed by atoms with Crippen molar-refractivity contribution in [2.24, 2.45) is 5.92 Å². The molecular formula is C12H24N2O3. The summed E-state index contributed by atoms with van der Waals surface area (Å²) >= 11 is 0. The summed E-state index contributed by atoms with van der Waals surface area (Å²) in [5.74, 6) is 0.450. The number of rotatable bonds is 6. The molecule has 1 fully saturated rings. The molecule has 1 rings (SSSR count). The lowest BCUT2D eigenvalue weighted by atomic mass is 10.0. The molecule has 0 aromatic rings. The molecule has 2 atom stereocenters. The Labute approximate surface area is 103 Å². The van der Waals surface area contributed by atoms with E-state index in [-0.39, 0.29) is 24.8 Å². The summed E-state index contributed by atoms with van der Waals surface area (Å²) in [7, 11) is 0. The van der Waals surface area contributed by atoms with Crippen LogP contribution < -0.4 is 10.6 Å². The minimum absolute atomic E-state index is 0.0223. The first kappa shape index (κ1) is 14.3. The number of amides is 2. The Morgan fingerprint density at radius 2 is 2.29 bits per heavy atom. The van der Waals surface area contributed by atoms with E-state index >= 15 is 0 Å². The molecule has 5 heteroatoms. The van der Waals surface area contributed by atoms with Crippen LogP contribution in [0.25, 0.3) is 0 Å². The predicted molar refractivity (Wildman–Crippen MR) is 65.8 cm³/mol. The molecule has 0 saturated carbocycles. The zero-order valence-electron chi connectivity index (χ0n) is 10.7. The topological polar surface area (TPSA) is 70.6 Å². The number of nitrogens with one attached hydrogen (secondary N) is 2. The van der Waals surface area contributed by atoms with Gasteiger partial charge in [-0.05, 0) is 25.2 Å². The molecule has 0 bridgehead atoms. The predicted octanol–water partition coefficient (Wildman–Crippen LogP) is 0.872. The molecule has 3 N–H and O–H groups in total. The van der Waals surface area contributed by atoms with Crippen LogP contribution in [-0.4, -0.2) is 43.0 Å². The van der Waals surface area contributed by atoms with Gasteiger partial charge in [0.2, 0.25) is 0 Å². The molecule has 0 aromatic carbocycles. The van der Waals surface area contributed by atoms with E-state index < -0.39 is 0 Å². The monoisotopic (exact) mass is 244 g/mol. The summed E-state index contributed by atoms with van der Waals surface area (Å²) < 4.78 is 5.41. The van der Waals surface area contributed by atoms with E-state index in [1.165, 1.54) is 0 Å². The SMILES string of the molecule is CC(C)CC(CO)NC(=O)NCC1CCCO1. The van der Waals surface area contributed by atoms with E-state index in [0.29, 0.717) is 12.5 Å². The van der Waals surface area contributed by atoms with Gasteiger partial charge in [0, 0.05) is 13.2 Å². The van der Waals surface area contributed by atoms with Gasteiger partial charge in [-0.25, -0.2) is 4.79 Å². The van der Waals surface area contributed by atoms with E-state index in [2.05, 4.69) is 24.5 Å². The number of urea groups is 1. The fourth-order valence-corrected chi connectivity index (χ4v) is 2.00. The molecule has 100 valence electrons. The highest BCUT2D eigenvalue weighted by atomic mass is 16.5. The van der Waals surface area contributed by atoms with E-state index in [9.17, 15) is 4.79 Å². The average molecular weight is 244 g/mol. The van der Waals surface area contributed by atoms with Crippen molar-refractivity contribution in [3.8, 4) is 0 Å². The lowest BCUT2D eigenvalue weighted by Crippen LogP contribution is -2.46. The Morgan fingerprint density at radius 1 is 1.53 bits per heavy atom. The first-order valence-corrected chi connectivity index (χ1v) is 6.38. The molecule has 1 aliphatic rings. The van der Waals surface area contributed by atoms with Crippen molar-refractivity contribution < 1.29 is 14.6 Å². The largest absolute Gasteiger partial charge is 0.394 e. The maximum Gasteiger partial charge on any atom is 0.315 e. The molecule has 1 saturated heterocycles. The van der Waals surface area contributed by atoms with Crippen molar-refractivity contribution in [2.45, 2.75) is 45.3 Å². The Morgan fingerprint density at radius 3 is 2.82 bits per heavy atom. The van der Waals surface area contributed by atoms with E-state index in [4.69, 9.17) is 9.84 Å². The second-order valence-electron chi connectivity index (χ2n) is 5.00. The molecule has 0 radical (unpaired) electrons. The van der Waals surface area contributed by atoms with Crippen molar-refractivity contribution in [3.05, 3.63) is 0 Å². The number of carbonyl (C=O) groups excluding carboxylic acids is 1. The Bertz CT molecular complexity index is 228. The van der Waals surface area contributed by atoms with Crippen LogP contribution in [0.1, 0.15) is 33.1 Å². The maximum atomic E-state index is 11.6. The molecule has 5 nitrogen and oxygen atoms in total. The van der Waals surface area contributed by atoms with Crippen molar-refractivity contribution in [2.75, 3.05) is 19.8 Å². The number of hydrogen-bond acceptors (Lipinski definition) is 3. The molecule has 0 aliphatic carbocycles. The molecule has 2 amide bonds. The van der Waals surface area contributed by atoms with Gasteiger partial charge in [0.1, 0.15) is 0 Å². The Kier molecular flexibility index (Phi) is 6.29. The second-order valence-corrected chi connectivity index (χ2v) is 5.00. The van der Waals surface area contributed by atoms with Gasteiger partial charge in [-0.15, -0.1) is 0 Å². The lowest BCUT2D eigenvalue weighted by molar-refractivity contribution is 0.111. The van der Waals surface area contributed by atoms with Crippen molar-refractivity contribution in [1.29, 1.82) is 0 Å². The number of carbonyl (C=O) groups is 1. The van der Waals surface area contributed by atoms with Gasteiger partial charge in [0.05, 0.1) is 18.8 Å². The third-order valence-electron chi connectivity index (χ3n) is 2.83. The van der Waals surface area contributed by atoms with Crippen LogP contribution in [0.3, 0.4) is 0 Å². The first-order chi connectivity index (χ1) is 8.11. The summed E-state index contributed by atoms with van der Waals surface area (Å²) in [6.45, 7) is 5.45. The number of ether oxygens (including phenoxy) is 1. The van der Waals surface area contributed by atoms with Gasteiger partial charge >= 0.3 is 6.03 Å². The fraction of sp³-hybridized carbons (Fsp3) is 0.917. The molecule has 1 aliphatic heterocycles. The summed E-state index contributed by atoms with van der Waals surface area (Å²) in [5.41, 5.74) is 0. The van der Waals surface area contributed by atoms with Crippen molar-refractivity contribution >= 4 is 6.03 Å². The standard InChI is InChI=1S/C12H24N2O3/c1-9(2)6-10(8-15)14-12(16)13-7-11-4-3-5-17-11/h9-11,15H,3-8H2,1-2H3,(H2,13,14,16). The number of aliphatic hydroxyl groups is 1. The zero-order valence-corrected chi connectivity index (χ0v) is 10.7.